The summed E-state index contributed by atoms with van der Waals surface area (Å²) in [6, 6.07) is 20.5. The van der Waals surface area contributed by atoms with Crippen molar-refractivity contribution >= 4 is 40.3 Å². The van der Waals surface area contributed by atoms with E-state index < -0.39 is 53.5 Å². The number of aromatic hydroxyl groups is 1. The van der Waals surface area contributed by atoms with Crippen molar-refractivity contribution in [3.63, 3.8) is 0 Å². The van der Waals surface area contributed by atoms with Crippen LogP contribution < -0.4 is 10.7 Å². The number of hydrazine groups is 1. The van der Waals surface area contributed by atoms with Crippen LogP contribution in [0.4, 0.5) is 0 Å². The Morgan fingerprint density at radius 2 is 1.80 bits per heavy atom. The average Bonchev–Trinajstić information content (AvgIpc) is 4.18. The first-order valence-corrected chi connectivity index (χ1v) is 26.9. The summed E-state index contributed by atoms with van der Waals surface area (Å²) in [5, 5.41) is 21.6. The van der Waals surface area contributed by atoms with Crippen LogP contribution in [0.1, 0.15) is 106 Å². The number of hydrogen-bond donors (Lipinski definition) is 3. The van der Waals surface area contributed by atoms with Gasteiger partial charge in [-0.2, -0.15) is 0 Å². The van der Waals surface area contributed by atoms with Crippen LogP contribution in [0.25, 0.3) is 33.3 Å². The number of aryl methyl sites for hydroxylation is 1. The minimum Gasteiger partial charge on any atom is -0.508 e. The summed E-state index contributed by atoms with van der Waals surface area (Å²) in [6.45, 7) is 13.0. The predicted octanol–water partition coefficient (Wildman–Crippen LogP) is 6.85. The molecule has 3 fully saturated rings. The van der Waals surface area contributed by atoms with Crippen LogP contribution in [0.3, 0.4) is 0 Å². The maximum absolute atomic E-state index is 15.0. The topological polar surface area (TPSA) is 189 Å². The second kappa shape index (κ2) is 20.0. The van der Waals surface area contributed by atoms with Gasteiger partial charge in [0, 0.05) is 105 Å². The van der Waals surface area contributed by atoms with Crippen LogP contribution >= 0.6 is 0 Å². The van der Waals surface area contributed by atoms with Crippen molar-refractivity contribution in [2.45, 2.75) is 121 Å². The van der Waals surface area contributed by atoms with Crippen LogP contribution in [0.15, 0.2) is 84.1 Å². The van der Waals surface area contributed by atoms with Gasteiger partial charge in [0.25, 0.3) is 11.8 Å². The number of likely N-dealkylation sites (N-methyl/N-ethyl adjacent to an activating group) is 2. The number of nitrogens with zero attached hydrogens (tertiary/aromatic N) is 6. The van der Waals surface area contributed by atoms with E-state index in [4.69, 9.17) is 24.0 Å². The van der Waals surface area contributed by atoms with Crippen molar-refractivity contribution in [2.75, 3.05) is 54.1 Å². The van der Waals surface area contributed by atoms with Crippen LogP contribution in [0.5, 0.6) is 5.75 Å². The maximum Gasteiger partial charge on any atom is 0.324 e. The van der Waals surface area contributed by atoms with Crippen LogP contribution in [-0.4, -0.2) is 143 Å². The number of hydrogen-bond acceptors (Lipinski definition) is 13. The number of carbonyl (C=O) groups is 4. The minimum absolute atomic E-state index is 0.0124. The van der Waals surface area contributed by atoms with Crippen molar-refractivity contribution < 1.29 is 43.3 Å². The number of pyridine rings is 1. The van der Waals surface area contributed by atoms with Crippen molar-refractivity contribution in [1.29, 1.82) is 0 Å². The number of oxime groups is 1. The number of rotatable bonds is 9. The molecule has 17 nitrogen and oxygen atoms in total. The molecule has 17 heteroatoms. The summed E-state index contributed by atoms with van der Waals surface area (Å²) in [4.78, 5) is 73.5. The lowest BCUT2D eigenvalue weighted by Gasteiger charge is -2.43. The number of nitrogens with one attached hydrogen (secondary N) is 2. The predicted molar refractivity (Wildman–Crippen MR) is 286 cm³/mol. The summed E-state index contributed by atoms with van der Waals surface area (Å²) in [6.07, 6.45) is 2.79. The molecule has 76 heavy (non-hydrogen) atoms. The lowest BCUT2D eigenvalue weighted by Crippen LogP contribution is -2.62. The third kappa shape index (κ3) is 9.11. The van der Waals surface area contributed by atoms with E-state index in [-0.39, 0.29) is 54.6 Å². The Hall–Kier alpha value is -6.66. The number of likely N-dealkylation sites (tertiary alicyclic amines) is 1. The number of fused-ring (bicyclic) bond motifs is 8. The quantitative estimate of drug-likeness (QED) is 0.131. The first kappa shape index (κ1) is 51.4. The zero-order chi connectivity index (χ0) is 53.4. The number of methoxy groups -OCH3 is 1. The fourth-order valence-corrected chi connectivity index (χ4v) is 13.2. The Balaban J connectivity index is 0.988. The molecule has 3 saturated heterocycles. The number of benzene rings is 3. The number of cyclic esters (lactones) is 1. The highest BCUT2D eigenvalue weighted by molar-refractivity contribution is 6.04. The van der Waals surface area contributed by atoms with E-state index in [0.29, 0.717) is 50.0 Å². The largest absolute Gasteiger partial charge is 0.508 e. The highest BCUT2D eigenvalue weighted by atomic mass is 16.7. The molecule has 11 rings (SSSR count). The smallest absolute Gasteiger partial charge is 0.324 e. The summed E-state index contributed by atoms with van der Waals surface area (Å²) in [5.41, 5.74) is 11.7. The highest BCUT2D eigenvalue weighted by Gasteiger charge is 2.51. The monoisotopic (exact) mass is 1030 g/mol. The molecule has 3 amide bonds. The molecule has 7 atom stereocenters. The van der Waals surface area contributed by atoms with Gasteiger partial charge in [0.05, 0.1) is 23.7 Å². The molecule has 0 saturated carbocycles. The van der Waals surface area contributed by atoms with E-state index >= 15 is 0 Å². The van der Waals surface area contributed by atoms with Gasteiger partial charge in [-0.1, -0.05) is 75.3 Å². The Morgan fingerprint density at radius 3 is 2.54 bits per heavy atom. The van der Waals surface area contributed by atoms with E-state index in [1.165, 1.54) is 9.91 Å². The van der Waals surface area contributed by atoms with Gasteiger partial charge in [-0.15, -0.1) is 0 Å². The molecule has 3 N–H and O–H groups in total. The third-order valence-electron chi connectivity index (χ3n) is 16.8. The fraction of sp³-hybridized carbons (Fsp3) is 0.492. The van der Waals surface area contributed by atoms with Gasteiger partial charge >= 0.3 is 5.97 Å². The number of esters is 1. The second-order valence-electron chi connectivity index (χ2n) is 23.0. The molecule has 0 radical (unpaired) electrons. The molecular weight excluding hydrogens is 965 g/mol. The normalized spacial score (nSPS) is 25.3. The van der Waals surface area contributed by atoms with E-state index in [9.17, 15) is 24.3 Å². The Morgan fingerprint density at radius 1 is 1.01 bits per heavy atom. The maximum atomic E-state index is 15.0. The molecule has 1 aliphatic carbocycles. The SMILES string of the molecule is CCn1c2c3c4cc(ccc41)-c1cc(O)cc(c1)CC(NC(=O)C(C(C)C)N(C)C(=O)C1OCCC1c1ccccc1)C(=O)N1CCCC(N1)C(=O)OCC(C)(C)C3C(OC)c1ncc(C3=NOC4(C3)CN(C)C4)cc1-2. The van der Waals surface area contributed by atoms with Crippen LogP contribution in [-0.2, 0) is 51.2 Å². The molecule has 6 aliphatic rings. The third-order valence-corrected chi connectivity index (χ3v) is 16.8. The molecule has 7 heterocycles. The minimum atomic E-state index is -1.17. The van der Waals surface area contributed by atoms with Crippen molar-refractivity contribution in [3.8, 4) is 28.1 Å². The molecule has 5 aliphatic heterocycles. The number of aromatic nitrogens is 2. The average molecular weight is 1040 g/mol. The van der Waals surface area contributed by atoms with E-state index in [2.05, 4.69) is 71.4 Å². The molecule has 6 bridgehead atoms. The first-order valence-electron chi connectivity index (χ1n) is 26.9. The Kier molecular flexibility index (Phi) is 13.6. The van der Waals surface area contributed by atoms with Gasteiger partial charge in [0.1, 0.15) is 36.1 Å². The number of amides is 3. The number of phenols is 1. The summed E-state index contributed by atoms with van der Waals surface area (Å²) in [5.74, 6) is -2.71. The number of ether oxygens (including phenoxy) is 3. The molecular formula is C59H70N8O9. The van der Waals surface area contributed by atoms with Crippen molar-refractivity contribution in [1.82, 2.24) is 35.1 Å². The van der Waals surface area contributed by atoms with Gasteiger partial charge in [-0.25, -0.2) is 5.43 Å². The second-order valence-corrected chi connectivity index (χ2v) is 23.0. The molecule has 5 aromatic rings. The van der Waals surface area contributed by atoms with Crippen molar-refractivity contribution in [2.24, 2.45) is 16.5 Å². The number of phenolic OH excluding ortho intramolecular Hbond substituents is 1. The van der Waals surface area contributed by atoms with Crippen LogP contribution in [0.2, 0.25) is 0 Å². The lowest BCUT2D eigenvalue weighted by molar-refractivity contribution is -0.156. The molecule has 2 aromatic heterocycles. The van der Waals surface area contributed by atoms with Gasteiger partial charge in [-0.05, 0) is 97.3 Å². The zero-order valence-electron chi connectivity index (χ0n) is 44.8. The fourth-order valence-electron chi connectivity index (χ4n) is 13.2. The molecule has 7 unspecified atom stereocenters. The zero-order valence-corrected chi connectivity index (χ0v) is 44.8. The van der Waals surface area contributed by atoms with Crippen molar-refractivity contribution in [3.05, 3.63) is 107 Å². The van der Waals surface area contributed by atoms with Gasteiger partial charge in [0.15, 0.2) is 5.60 Å². The van der Waals surface area contributed by atoms with E-state index in [1.807, 2.05) is 62.5 Å². The molecule has 400 valence electrons. The highest BCUT2D eigenvalue weighted by Crippen LogP contribution is 2.57. The van der Waals surface area contributed by atoms with Gasteiger partial charge in [-0.3, -0.25) is 34.1 Å². The Bertz CT molecular complexity index is 3130. The van der Waals surface area contributed by atoms with Crippen LogP contribution in [0, 0.1) is 11.3 Å². The summed E-state index contributed by atoms with van der Waals surface area (Å²) >= 11 is 0. The molecule has 3 aromatic carbocycles. The number of carbonyl (C=O) groups excluding carboxylic acids is 4. The molecule has 1 spiro atoms. The standard InChI is InChI=1S/C59H70N8O9/c1-9-66-46-18-17-36-26-41(46)47-48(53(73-8)49-42(51(47)66)27-38(29-60-49)45-28-59(76-63-45)30-64(6)31-59)58(4,5)32-75-57(72)43-16-13-20-67(62-43)55(70)44(24-34-22-37(36)25-39(68)23-34)61-54(69)50(33(2)3)65(7)56(71)52-40(19-21-74-52)35-14-11-10-12-15-35/h10-12,14-15,17-18,22-23,25-27,29,33,40,43-44,48,50,52-53,62,68H,9,13,16,19-21,24,28,30-32H2,1-8H3,(H,61,69). The van der Waals surface area contributed by atoms with Gasteiger partial charge in [0.2, 0.25) is 5.91 Å². The first-order chi connectivity index (χ1) is 36.5. The van der Waals surface area contributed by atoms with E-state index in [0.717, 1.165) is 68.9 Å². The summed E-state index contributed by atoms with van der Waals surface area (Å²) < 4.78 is 21.2. The Labute approximate surface area is 443 Å². The lowest BCUT2D eigenvalue weighted by atomic mass is 9.67. The van der Waals surface area contributed by atoms with Gasteiger partial charge < -0.3 is 38.9 Å². The van der Waals surface area contributed by atoms with E-state index in [1.54, 1.807) is 26.3 Å². The summed E-state index contributed by atoms with van der Waals surface area (Å²) in [7, 11) is 5.39.